The lowest BCUT2D eigenvalue weighted by Gasteiger charge is -2.34. The van der Waals surface area contributed by atoms with Crippen molar-refractivity contribution in [1.29, 1.82) is 0 Å². The van der Waals surface area contributed by atoms with Crippen molar-refractivity contribution in [1.82, 2.24) is 20.9 Å². The molecule has 1 saturated heterocycles. The van der Waals surface area contributed by atoms with Gasteiger partial charge in [0.1, 0.15) is 24.2 Å². The second-order valence-corrected chi connectivity index (χ2v) is 12.3. The average molecular weight is 655 g/mol. The molecule has 0 unspecified atom stereocenters. The number of methoxy groups -OCH3 is 1. The highest BCUT2D eigenvalue weighted by molar-refractivity contribution is 5.95. The number of alkyl carbamates (subject to hydrolysis) is 1. The molecule has 3 atom stereocenters. The Morgan fingerprint density at radius 3 is 2.17 bits per heavy atom. The fraction of sp³-hybridized carbons (Fsp3) is 0.378. The highest BCUT2D eigenvalue weighted by atomic mass is 16.5. The molecule has 1 aliphatic carbocycles. The molecule has 4 amide bonds. The van der Waals surface area contributed by atoms with Gasteiger partial charge in [-0.25, -0.2) is 9.59 Å². The van der Waals surface area contributed by atoms with E-state index in [9.17, 15) is 24.0 Å². The molecule has 1 fully saturated rings. The minimum absolute atomic E-state index is 0.0828. The van der Waals surface area contributed by atoms with E-state index < -0.39 is 54.0 Å². The third kappa shape index (κ3) is 7.51. The van der Waals surface area contributed by atoms with Gasteiger partial charge in [0, 0.05) is 18.9 Å². The fourth-order valence-electron chi connectivity index (χ4n) is 6.48. The van der Waals surface area contributed by atoms with Crippen molar-refractivity contribution in [2.24, 2.45) is 0 Å². The van der Waals surface area contributed by atoms with Gasteiger partial charge in [-0.3, -0.25) is 14.4 Å². The first-order valence-electron chi connectivity index (χ1n) is 16.3. The lowest BCUT2D eigenvalue weighted by Crippen LogP contribution is -2.61. The smallest absolute Gasteiger partial charge is 0.407 e. The van der Waals surface area contributed by atoms with E-state index in [1.165, 1.54) is 12.0 Å². The standard InChI is InChI=1S/C37H42N4O7/c1-4-37(2,35(45)41-20-12-19-31(41)34(44)47-3)40-32(42)22-38-33(43)30(21-24-13-6-5-7-14-24)39-36(46)48-23-29-27-17-10-8-15-25(27)26-16-9-11-18-28(26)29/h5-11,13-18,29-31H,4,12,19-23H2,1-3H3,(H,38,43)(H,39,46)(H,40,42)/t30-,31-,37-/m0/s1. The molecule has 3 aromatic rings. The van der Waals surface area contributed by atoms with Crippen LogP contribution in [0.5, 0.6) is 0 Å². The van der Waals surface area contributed by atoms with Crippen LogP contribution in [-0.4, -0.2) is 79.1 Å². The van der Waals surface area contributed by atoms with E-state index in [-0.39, 0.29) is 25.4 Å². The van der Waals surface area contributed by atoms with E-state index in [1.807, 2.05) is 66.7 Å². The molecule has 0 saturated carbocycles. The van der Waals surface area contributed by atoms with Crippen molar-refractivity contribution in [2.75, 3.05) is 26.8 Å². The summed E-state index contributed by atoms with van der Waals surface area (Å²) in [7, 11) is 1.28. The Morgan fingerprint density at radius 2 is 1.54 bits per heavy atom. The lowest BCUT2D eigenvalue weighted by atomic mass is 9.96. The molecule has 2 aliphatic rings. The number of amides is 4. The highest BCUT2D eigenvalue weighted by Gasteiger charge is 2.43. The Hall–Kier alpha value is -5.19. The molecule has 3 aromatic carbocycles. The van der Waals surface area contributed by atoms with Gasteiger partial charge in [-0.05, 0) is 54.0 Å². The number of nitrogens with zero attached hydrogens (tertiary/aromatic N) is 1. The topological polar surface area (TPSA) is 143 Å². The van der Waals surface area contributed by atoms with Crippen LogP contribution in [0.15, 0.2) is 78.9 Å². The Kier molecular flexibility index (Phi) is 10.8. The summed E-state index contributed by atoms with van der Waals surface area (Å²) in [5.41, 5.74) is 3.84. The molecular formula is C37H42N4O7. The van der Waals surface area contributed by atoms with Crippen LogP contribution in [0.4, 0.5) is 4.79 Å². The van der Waals surface area contributed by atoms with Crippen LogP contribution < -0.4 is 16.0 Å². The number of carbonyl (C=O) groups is 5. The van der Waals surface area contributed by atoms with Crippen molar-refractivity contribution < 1.29 is 33.4 Å². The number of hydrogen-bond acceptors (Lipinski definition) is 7. The van der Waals surface area contributed by atoms with E-state index >= 15 is 0 Å². The summed E-state index contributed by atoms with van der Waals surface area (Å²) in [6.07, 6.45) is 0.798. The van der Waals surface area contributed by atoms with Gasteiger partial charge in [0.15, 0.2) is 0 Å². The van der Waals surface area contributed by atoms with Gasteiger partial charge in [0.05, 0.1) is 13.7 Å². The monoisotopic (exact) mass is 654 g/mol. The van der Waals surface area contributed by atoms with Crippen molar-refractivity contribution in [2.45, 2.75) is 63.1 Å². The van der Waals surface area contributed by atoms with Gasteiger partial charge in [-0.2, -0.15) is 0 Å². The molecule has 48 heavy (non-hydrogen) atoms. The van der Waals surface area contributed by atoms with Crippen LogP contribution in [-0.2, 0) is 35.1 Å². The Bertz CT molecular complexity index is 1620. The Labute approximate surface area is 280 Å². The van der Waals surface area contributed by atoms with E-state index in [4.69, 9.17) is 9.47 Å². The number of hydrogen-bond donors (Lipinski definition) is 3. The third-order valence-electron chi connectivity index (χ3n) is 9.24. The van der Waals surface area contributed by atoms with Crippen molar-refractivity contribution in [3.63, 3.8) is 0 Å². The number of esters is 1. The van der Waals surface area contributed by atoms with Crippen LogP contribution in [0.2, 0.25) is 0 Å². The first-order valence-corrected chi connectivity index (χ1v) is 16.3. The molecule has 0 bridgehead atoms. The van der Waals surface area contributed by atoms with Crippen LogP contribution in [0.3, 0.4) is 0 Å². The average Bonchev–Trinajstić information content (AvgIpc) is 3.72. The van der Waals surface area contributed by atoms with Gasteiger partial charge in [0.2, 0.25) is 17.7 Å². The molecule has 0 radical (unpaired) electrons. The molecule has 11 nitrogen and oxygen atoms in total. The summed E-state index contributed by atoms with van der Waals surface area (Å²) in [5, 5.41) is 8.03. The maximum atomic E-state index is 13.5. The van der Waals surface area contributed by atoms with Crippen LogP contribution in [0.1, 0.15) is 55.7 Å². The second kappa shape index (κ2) is 15.1. The third-order valence-corrected chi connectivity index (χ3v) is 9.24. The van der Waals surface area contributed by atoms with Crippen molar-refractivity contribution in [3.05, 3.63) is 95.6 Å². The molecule has 252 valence electrons. The SMILES string of the molecule is CC[C@](C)(NC(=O)CNC(=O)[C@H](Cc1ccccc1)NC(=O)OCC1c2ccccc2-c2ccccc21)C(=O)N1CCC[C@H]1C(=O)OC. The number of likely N-dealkylation sites (tertiary alicyclic amines) is 1. The molecule has 5 rings (SSSR count). The molecule has 1 aliphatic heterocycles. The van der Waals surface area contributed by atoms with Gasteiger partial charge in [-0.15, -0.1) is 0 Å². The van der Waals surface area contributed by atoms with E-state index in [0.29, 0.717) is 19.4 Å². The summed E-state index contributed by atoms with van der Waals surface area (Å²) in [5.74, 6) is -2.21. The Morgan fingerprint density at radius 1 is 0.917 bits per heavy atom. The van der Waals surface area contributed by atoms with Gasteiger partial charge in [-0.1, -0.05) is 85.8 Å². The van der Waals surface area contributed by atoms with Gasteiger partial charge in [0.25, 0.3) is 0 Å². The number of ether oxygens (including phenoxy) is 2. The zero-order valence-electron chi connectivity index (χ0n) is 27.5. The summed E-state index contributed by atoms with van der Waals surface area (Å²) < 4.78 is 10.6. The normalized spacial score (nSPS) is 16.9. The minimum atomic E-state index is -1.30. The van der Waals surface area contributed by atoms with Crippen LogP contribution in [0, 0.1) is 0 Å². The fourth-order valence-corrected chi connectivity index (χ4v) is 6.48. The number of nitrogens with one attached hydrogen (secondary N) is 3. The summed E-state index contributed by atoms with van der Waals surface area (Å²) in [6, 6.07) is 23.5. The van der Waals surface area contributed by atoms with E-state index in [2.05, 4.69) is 28.1 Å². The van der Waals surface area contributed by atoms with E-state index in [1.54, 1.807) is 13.8 Å². The van der Waals surface area contributed by atoms with Gasteiger partial charge >= 0.3 is 12.1 Å². The number of benzene rings is 3. The first kappa shape index (κ1) is 34.2. The maximum Gasteiger partial charge on any atom is 0.407 e. The number of fused-ring (bicyclic) bond motifs is 3. The summed E-state index contributed by atoms with van der Waals surface area (Å²) in [6.45, 7) is 3.38. The van der Waals surface area contributed by atoms with Gasteiger partial charge < -0.3 is 30.3 Å². The molecule has 0 spiro atoms. The summed E-state index contributed by atoms with van der Waals surface area (Å²) in [4.78, 5) is 66.8. The largest absolute Gasteiger partial charge is 0.467 e. The predicted octanol–water partition coefficient (Wildman–Crippen LogP) is 3.70. The first-order chi connectivity index (χ1) is 23.1. The number of rotatable bonds is 12. The van der Waals surface area contributed by atoms with Crippen LogP contribution in [0.25, 0.3) is 11.1 Å². The molecule has 3 N–H and O–H groups in total. The zero-order valence-corrected chi connectivity index (χ0v) is 27.5. The van der Waals surface area contributed by atoms with Crippen LogP contribution >= 0.6 is 0 Å². The summed E-state index contributed by atoms with van der Waals surface area (Å²) >= 11 is 0. The minimum Gasteiger partial charge on any atom is -0.467 e. The quantitative estimate of drug-likeness (QED) is 0.253. The number of carbonyl (C=O) groups excluding carboxylic acids is 5. The zero-order chi connectivity index (χ0) is 34.3. The maximum absolute atomic E-state index is 13.5. The second-order valence-electron chi connectivity index (χ2n) is 12.3. The molecule has 0 aromatic heterocycles. The molecule has 11 heteroatoms. The Balaban J connectivity index is 1.21. The van der Waals surface area contributed by atoms with E-state index in [0.717, 1.165) is 27.8 Å². The molecule has 1 heterocycles. The van der Waals surface area contributed by atoms with Crippen molar-refractivity contribution >= 4 is 29.8 Å². The highest BCUT2D eigenvalue weighted by Crippen LogP contribution is 2.44. The molecular weight excluding hydrogens is 612 g/mol. The lowest BCUT2D eigenvalue weighted by molar-refractivity contribution is -0.153. The van der Waals surface area contributed by atoms with Crippen molar-refractivity contribution in [3.8, 4) is 11.1 Å². The predicted molar refractivity (Wildman–Crippen MR) is 179 cm³/mol.